The molecule has 1 atom stereocenters. The number of nitrogens with two attached hydrogens (primary N) is 1. The minimum atomic E-state index is -0.759. The predicted octanol–water partition coefficient (Wildman–Crippen LogP) is 9.56. The molecule has 4 aromatic carbocycles. The number of hydrogen-bond acceptors (Lipinski definition) is 3. The Balaban J connectivity index is 0.000000188. The average Bonchev–Trinajstić information content (AvgIpc) is 3.07. The van der Waals surface area contributed by atoms with E-state index in [1.54, 1.807) is 18.3 Å². The van der Waals surface area contributed by atoms with Crippen molar-refractivity contribution in [3.8, 4) is 33.8 Å². The third-order valence-electron chi connectivity index (χ3n) is 8.51. The van der Waals surface area contributed by atoms with E-state index in [1.807, 2.05) is 36.4 Å². The van der Waals surface area contributed by atoms with Crippen LogP contribution in [0.25, 0.3) is 22.3 Å². The Morgan fingerprint density at radius 2 is 1.07 bits per heavy atom. The van der Waals surface area contributed by atoms with Crippen LogP contribution in [0.5, 0.6) is 11.5 Å². The fourth-order valence-corrected chi connectivity index (χ4v) is 13.6. The van der Waals surface area contributed by atoms with Gasteiger partial charge in [0.15, 0.2) is 0 Å². The molecular weight excluding hydrogens is 640 g/mol. The molecule has 2 aliphatic rings. The first-order chi connectivity index (χ1) is 21.1. The van der Waals surface area contributed by atoms with E-state index >= 15 is 0 Å². The first kappa shape index (κ1) is 31.8. The molecule has 0 bridgehead atoms. The van der Waals surface area contributed by atoms with Crippen molar-refractivity contribution in [1.29, 1.82) is 0 Å². The van der Waals surface area contributed by atoms with Crippen molar-refractivity contribution in [2.75, 3.05) is 20.0 Å². The van der Waals surface area contributed by atoms with E-state index in [1.165, 1.54) is 75.3 Å². The normalized spacial score (nSPS) is 16.1. The maximum atomic E-state index is 6.39. The Morgan fingerprint density at radius 3 is 1.60 bits per heavy atom. The summed E-state index contributed by atoms with van der Waals surface area (Å²) in [5.74, 6) is 1.64. The quantitative estimate of drug-likeness (QED) is 0.120. The summed E-state index contributed by atoms with van der Waals surface area (Å²) < 4.78 is 14.5. The van der Waals surface area contributed by atoms with Gasteiger partial charge in [-0.1, -0.05) is 30.3 Å². The van der Waals surface area contributed by atoms with Gasteiger partial charge in [0.2, 0.25) is 0 Å². The van der Waals surface area contributed by atoms with Crippen LogP contribution < -0.4 is 24.5 Å². The van der Waals surface area contributed by atoms with Gasteiger partial charge in [-0.15, -0.1) is 9.24 Å². The van der Waals surface area contributed by atoms with E-state index in [0.717, 1.165) is 42.4 Å². The molecule has 0 saturated heterocycles. The van der Waals surface area contributed by atoms with Gasteiger partial charge >= 0.3 is 165 Å². The zero-order chi connectivity index (χ0) is 30.0. The van der Waals surface area contributed by atoms with Crippen molar-refractivity contribution in [3.63, 3.8) is 0 Å². The first-order valence-corrected chi connectivity index (χ1v) is 18.8. The molecule has 2 saturated carbocycles. The van der Waals surface area contributed by atoms with Crippen molar-refractivity contribution in [1.82, 2.24) is 0 Å². The van der Waals surface area contributed by atoms with Crippen LogP contribution in [0.3, 0.4) is 0 Å². The van der Waals surface area contributed by atoms with E-state index in [4.69, 9.17) is 15.2 Å². The number of para-hydroxylation sites is 1. The predicted molar refractivity (Wildman–Crippen MR) is 184 cm³/mol. The van der Waals surface area contributed by atoms with Crippen molar-refractivity contribution >= 4 is 24.3 Å². The second kappa shape index (κ2) is 15.9. The molecular formula is C38H47NO2PPd. The van der Waals surface area contributed by atoms with Gasteiger partial charge in [-0.25, -0.2) is 0 Å². The molecule has 3 nitrogen and oxygen atoms in total. The fourth-order valence-electron chi connectivity index (χ4n) is 6.34. The van der Waals surface area contributed by atoms with Crippen LogP contribution in [-0.4, -0.2) is 14.2 Å². The molecule has 6 rings (SSSR count). The molecule has 4 aromatic rings. The van der Waals surface area contributed by atoms with E-state index in [2.05, 4.69) is 63.8 Å². The summed E-state index contributed by atoms with van der Waals surface area (Å²) in [7, 11) is 6.08. The van der Waals surface area contributed by atoms with Gasteiger partial charge in [0, 0.05) is 0 Å². The van der Waals surface area contributed by atoms with Gasteiger partial charge in [-0.05, 0) is 23.0 Å². The first-order valence-electron chi connectivity index (χ1n) is 15.7. The number of ether oxygens (including phenoxy) is 2. The van der Waals surface area contributed by atoms with Crippen LogP contribution in [0, 0.1) is 0 Å². The topological polar surface area (TPSA) is 44.5 Å². The summed E-state index contributed by atoms with van der Waals surface area (Å²) >= 11 is -0.759. The molecule has 2 fully saturated rings. The second-order valence-corrected chi connectivity index (χ2v) is 16.7. The van der Waals surface area contributed by atoms with E-state index in [9.17, 15) is 0 Å². The molecule has 0 heterocycles. The molecule has 5 heteroatoms. The zero-order valence-electron chi connectivity index (χ0n) is 25.7. The Labute approximate surface area is 267 Å². The Hall–Kier alpha value is -2.63. The molecule has 0 radical (unpaired) electrons. The number of benzene rings is 4. The zero-order valence-corrected chi connectivity index (χ0v) is 28.4. The molecule has 1 unspecified atom stereocenters. The summed E-state index contributed by atoms with van der Waals surface area (Å²) in [5.41, 5.74) is 12.1. The number of hydrogen-bond donors (Lipinski definition) is 1. The molecule has 0 amide bonds. The third-order valence-corrected chi connectivity index (χ3v) is 15.2. The van der Waals surface area contributed by atoms with Crippen LogP contribution in [0.4, 0.5) is 5.69 Å². The van der Waals surface area contributed by atoms with Crippen LogP contribution in [-0.2, 0) is 16.8 Å². The number of anilines is 1. The van der Waals surface area contributed by atoms with Crippen LogP contribution in [0.2, 0.25) is 8.78 Å². The number of rotatable bonds is 7. The van der Waals surface area contributed by atoms with Crippen molar-refractivity contribution in [2.45, 2.75) is 73.0 Å². The Kier molecular flexibility index (Phi) is 11.8. The van der Waals surface area contributed by atoms with E-state index in [-0.39, 0.29) is 0 Å². The van der Waals surface area contributed by atoms with Gasteiger partial charge in [0.25, 0.3) is 0 Å². The molecule has 231 valence electrons. The number of methoxy groups -OCH3 is 2. The molecule has 43 heavy (non-hydrogen) atoms. The summed E-state index contributed by atoms with van der Waals surface area (Å²) in [6, 6.07) is 31.7. The van der Waals surface area contributed by atoms with E-state index in [0.29, 0.717) is 0 Å². The number of nitrogen functional groups attached to an aromatic ring is 1. The standard InChI is InChI=1S/C14H15O2P.C12H10N.2C6H11.Pd/c1-15-11-7-5-8-12(16-2)14(11)10-6-3-4-9-13(10)17;13-12-9-5-4-8-11(12)10-6-2-1-3-7-10;2*1-2-4-6-5-3-1;/h3-9H,17H2,1-2H3;1-6,8-9H,13H2;2*1H,2-6H2;. The molecule has 2 N–H and O–H groups in total. The van der Waals surface area contributed by atoms with Crippen LogP contribution in [0.15, 0.2) is 91.0 Å². The van der Waals surface area contributed by atoms with Gasteiger partial charge < -0.3 is 9.47 Å². The van der Waals surface area contributed by atoms with Crippen molar-refractivity contribution in [2.24, 2.45) is 0 Å². The maximum absolute atomic E-state index is 6.39. The SMILES string of the molecule is COc1cccc(OC)c1-c1ccccc1P.Nc1ccccc1-c1cccc[c]1[Pd]([CH]1CCCCC1)[CH]1CCCCC1. The van der Waals surface area contributed by atoms with Gasteiger partial charge in [0.1, 0.15) is 11.5 Å². The van der Waals surface area contributed by atoms with Crippen LogP contribution >= 0.6 is 9.24 Å². The average molecular weight is 687 g/mol. The summed E-state index contributed by atoms with van der Waals surface area (Å²) in [6.07, 6.45) is 14.6. The van der Waals surface area contributed by atoms with Crippen molar-refractivity contribution < 1.29 is 26.2 Å². The Morgan fingerprint density at radius 1 is 0.581 bits per heavy atom. The van der Waals surface area contributed by atoms with Gasteiger partial charge in [-0.2, -0.15) is 0 Å². The summed E-state index contributed by atoms with van der Waals surface area (Å²) in [5, 5.41) is 1.12. The third kappa shape index (κ3) is 7.72. The molecule has 0 aliphatic heterocycles. The fraction of sp³-hybridized carbons (Fsp3) is 0.368. The van der Waals surface area contributed by atoms with Crippen molar-refractivity contribution in [3.05, 3.63) is 91.0 Å². The van der Waals surface area contributed by atoms with E-state index < -0.39 is 16.8 Å². The second-order valence-electron chi connectivity index (χ2n) is 11.3. The molecule has 2 aliphatic carbocycles. The summed E-state index contributed by atoms with van der Waals surface area (Å²) in [4.78, 5) is 0. The van der Waals surface area contributed by atoms with Crippen LogP contribution in [0.1, 0.15) is 64.2 Å². The summed E-state index contributed by atoms with van der Waals surface area (Å²) in [6.45, 7) is 0. The minimum absolute atomic E-state index is 0.759. The Bertz CT molecular complexity index is 1420. The van der Waals surface area contributed by atoms with Gasteiger partial charge in [0.05, 0.1) is 19.8 Å². The molecule has 0 aromatic heterocycles. The monoisotopic (exact) mass is 686 g/mol. The van der Waals surface area contributed by atoms with Gasteiger partial charge in [-0.3, -0.25) is 0 Å². The molecule has 0 spiro atoms.